The van der Waals surface area contributed by atoms with Crippen molar-refractivity contribution in [2.45, 2.75) is 11.5 Å². The Hall–Kier alpha value is -2.32. The molecule has 0 bridgehead atoms. The molecule has 0 saturated heterocycles. The Labute approximate surface area is 138 Å². The number of hydrogen-bond donors (Lipinski definition) is 0. The highest BCUT2D eigenvalue weighted by atomic mass is 32.2. The van der Waals surface area contributed by atoms with Crippen LogP contribution in [0.5, 0.6) is 0 Å². The van der Waals surface area contributed by atoms with Gasteiger partial charge in [0.2, 0.25) is 10.0 Å². The zero-order chi connectivity index (χ0) is 17.7. The van der Waals surface area contributed by atoms with Crippen molar-refractivity contribution in [1.29, 1.82) is 0 Å². The average Bonchev–Trinajstić information content (AvgIpc) is 2.54. The molecule has 0 N–H and O–H groups in total. The Kier molecular flexibility index (Phi) is 5.63. The van der Waals surface area contributed by atoms with Gasteiger partial charge in [0.05, 0.1) is 4.90 Å². The normalized spacial score (nSPS) is 11.5. The topological polar surface area (TPSA) is 63.7 Å². The van der Waals surface area contributed by atoms with Crippen molar-refractivity contribution in [3.63, 3.8) is 0 Å². The van der Waals surface area contributed by atoms with E-state index in [2.05, 4.69) is 0 Å². The Morgan fingerprint density at radius 1 is 1.00 bits per heavy atom. The molecule has 2 aromatic rings. The van der Waals surface area contributed by atoms with Crippen molar-refractivity contribution >= 4 is 16.0 Å². The molecule has 0 saturated carbocycles. The molecule has 0 aliphatic rings. The zero-order valence-electron chi connectivity index (χ0n) is 12.8. The number of hydrogen-bond acceptors (Lipinski definition) is 4. The monoisotopic (exact) mass is 355 g/mol. The molecule has 0 heterocycles. The third-order valence-corrected chi connectivity index (χ3v) is 5.00. The molecule has 0 aromatic heterocycles. The van der Waals surface area contributed by atoms with Crippen molar-refractivity contribution in [2.75, 3.05) is 13.6 Å². The molecule has 8 heteroatoms. The Bertz CT molecular complexity index is 805. The summed E-state index contributed by atoms with van der Waals surface area (Å²) in [6.45, 7) is -0.593. The molecule has 0 spiro atoms. The number of likely N-dealkylation sites (N-methyl/N-ethyl adjacent to an activating group) is 1. The average molecular weight is 355 g/mol. The summed E-state index contributed by atoms with van der Waals surface area (Å²) < 4.78 is 55.9. The molecule has 24 heavy (non-hydrogen) atoms. The lowest BCUT2D eigenvalue weighted by atomic mass is 10.2. The van der Waals surface area contributed by atoms with E-state index in [1.54, 1.807) is 0 Å². The second kappa shape index (κ2) is 7.50. The first-order chi connectivity index (χ1) is 11.3. The second-order valence-corrected chi connectivity index (χ2v) is 7.05. The van der Waals surface area contributed by atoms with E-state index in [0.29, 0.717) is 5.56 Å². The van der Waals surface area contributed by atoms with Gasteiger partial charge in [-0.2, -0.15) is 4.31 Å². The standard InChI is InChI=1S/C16H15F2NO4S/c1-19(24(21,22)15-8-6-14(18)7-9-15)10-16(20)23-11-12-2-4-13(17)5-3-12/h2-9H,10-11H2,1H3. The van der Waals surface area contributed by atoms with Gasteiger partial charge in [0.15, 0.2) is 0 Å². The third kappa shape index (κ3) is 4.59. The zero-order valence-corrected chi connectivity index (χ0v) is 13.6. The number of rotatable bonds is 6. The number of sulfonamides is 1. The van der Waals surface area contributed by atoms with Crippen LogP contribution in [0.1, 0.15) is 5.56 Å². The van der Waals surface area contributed by atoms with Crippen LogP contribution in [-0.2, 0) is 26.2 Å². The fourth-order valence-electron chi connectivity index (χ4n) is 1.84. The largest absolute Gasteiger partial charge is 0.460 e. The SMILES string of the molecule is CN(CC(=O)OCc1ccc(F)cc1)S(=O)(=O)c1ccc(F)cc1. The van der Waals surface area contributed by atoms with Gasteiger partial charge in [-0.25, -0.2) is 17.2 Å². The summed E-state index contributed by atoms with van der Waals surface area (Å²) in [6.07, 6.45) is 0. The number of carbonyl (C=O) groups is 1. The summed E-state index contributed by atoms with van der Waals surface area (Å²) in [7, 11) is -2.70. The molecule has 0 unspecified atom stereocenters. The maximum absolute atomic E-state index is 12.9. The van der Waals surface area contributed by atoms with E-state index in [-0.39, 0.29) is 11.5 Å². The summed E-state index contributed by atoms with van der Waals surface area (Å²) in [5.41, 5.74) is 0.578. The quantitative estimate of drug-likeness (QED) is 0.746. The molecule has 0 aliphatic carbocycles. The van der Waals surface area contributed by atoms with Crippen LogP contribution in [0.4, 0.5) is 8.78 Å². The summed E-state index contributed by atoms with van der Waals surface area (Å²) in [4.78, 5) is 11.6. The Morgan fingerprint density at radius 2 is 1.50 bits per heavy atom. The van der Waals surface area contributed by atoms with E-state index >= 15 is 0 Å². The van der Waals surface area contributed by atoms with Crippen molar-refractivity contribution in [3.05, 3.63) is 65.7 Å². The van der Waals surface area contributed by atoms with Gasteiger partial charge in [-0.15, -0.1) is 0 Å². The molecular formula is C16H15F2NO4S. The van der Waals surface area contributed by atoms with Gasteiger partial charge >= 0.3 is 5.97 Å². The first kappa shape index (κ1) is 18.0. The predicted molar refractivity (Wildman–Crippen MR) is 82.4 cm³/mol. The number of carbonyl (C=O) groups excluding carboxylic acids is 1. The number of esters is 1. The van der Waals surface area contributed by atoms with Crippen molar-refractivity contribution < 1.29 is 26.7 Å². The second-order valence-electron chi connectivity index (χ2n) is 5.00. The van der Waals surface area contributed by atoms with Crippen molar-refractivity contribution in [3.8, 4) is 0 Å². The molecule has 0 atom stereocenters. The molecule has 128 valence electrons. The molecule has 0 aliphatic heterocycles. The van der Waals surface area contributed by atoms with E-state index < -0.39 is 34.2 Å². The smallest absolute Gasteiger partial charge is 0.321 e. The van der Waals surface area contributed by atoms with E-state index in [1.165, 1.54) is 31.3 Å². The van der Waals surface area contributed by atoms with Gasteiger partial charge < -0.3 is 4.74 Å². The van der Waals surface area contributed by atoms with Crippen LogP contribution in [0.25, 0.3) is 0 Å². The number of ether oxygens (including phenoxy) is 1. The summed E-state index contributed by atoms with van der Waals surface area (Å²) in [5, 5.41) is 0. The summed E-state index contributed by atoms with van der Waals surface area (Å²) in [5.74, 6) is -1.72. The molecule has 0 radical (unpaired) electrons. The highest BCUT2D eigenvalue weighted by molar-refractivity contribution is 7.89. The highest BCUT2D eigenvalue weighted by Gasteiger charge is 2.23. The van der Waals surface area contributed by atoms with E-state index in [0.717, 1.165) is 28.6 Å². The highest BCUT2D eigenvalue weighted by Crippen LogP contribution is 2.15. The lowest BCUT2D eigenvalue weighted by Crippen LogP contribution is -2.33. The van der Waals surface area contributed by atoms with Crippen LogP contribution >= 0.6 is 0 Å². The van der Waals surface area contributed by atoms with Crippen LogP contribution < -0.4 is 0 Å². The number of halogens is 2. The predicted octanol–water partition coefficient (Wildman–Crippen LogP) is 2.33. The van der Waals surface area contributed by atoms with E-state index in [1.807, 2.05) is 0 Å². The van der Waals surface area contributed by atoms with Gasteiger partial charge in [-0.05, 0) is 42.0 Å². The van der Waals surface area contributed by atoms with Crippen LogP contribution in [0.15, 0.2) is 53.4 Å². The minimum absolute atomic E-state index is 0.0937. The van der Waals surface area contributed by atoms with Crippen molar-refractivity contribution in [1.82, 2.24) is 4.31 Å². The molecule has 0 amide bonds. The molecule has 0 fully saturated rings. The first-order valence-electron chi connectivity index (χ1n) is 6.91. The molecular weight excluding hydrogens is 340 g/mol. The molecule has 5 nitrogen and oxygen atoms in total. The molecule has 2 aromatic carbocycles. The number of nitrogens with zero attached hydrogens (tertiary/aromatic N) is 1. The van der Waals surface area contributed by atoms with E-state index in [4.69, 9.17) is 4.74 Å². The van der Waals surface area contributed by atoms with Crippen LogP contribution in [0, 0.1) is 11.6 Å². The van der Waals surface area contributed by atoms with Gasteiger partial charge in [-0.3, -0.25) is 4.79 Å². The van der Waals surface area contributed by atoms with Crippen LogP contribution in [0.2, 0.25) is 0 Å². The number of benzene rings is 2. The van der Waals surface area contributed by atoms with Gasteiger partial charge in [0, 0.05) is 7.05 Å². The molecule has 2 rings (SSSR count). The minimum Gasteiger partial charge on any atom is -0.460 e. The summed E-state index contributed by atoms with van der Waals surface area (Å²) in [6, 6.07) is 9.66. The van der Waals surface area contributed by atoms with Gasteiger partial charge in [0.1, 0.15) is 24.8 Å². The maximum atomic E-state index is 12.9. The van der Waals surface area contributed by atoms with Crippen molar-refractivity contribution in [2.24, 2.45) is 0 Å². The fourth-order valence-corrected chi connectivity index (χ4v) is 2.96. The lowest BCUT2D eigenvalue weighted by molar-refractivity contribution is -0.144. The Balaban J connectivity index is 1.95. The third-order valence-electron chi connectivity index (χ3n) is 3.19. The lowest BCUT2D eigenvalue weighted by Gasteiger charge is -2.16. The first-order valence-corrected chi connectivity index (χ1v) is 8.35. The maximum Gasteiger partial charge on any atom is 0.321 e. The van der Waals surface area contributed by atoms with E-state index in [9.17, 15) is 22.0 Å². The minimum atomic E-state index is -3.92. The van der Waals surface area contributed by atoms with Crippen LogP contribution in [0.3, 0.4) is 0 Å². The van der Waals surface area contributed by atoms with Crippen LogP contribution in [-0.4, -0.2) is 32.3 Å². The fraction of sp³-hybridized carbons (Fsp3) is 0.188. The Morgan fingerprint density at radius 3 is 2.04 bits per heavy atom. The van der Waals surface area contributed by atoms with Gasteiger partial charge in [0.25, 0.3) is 0 Å². The summed E-state index contributed by atoms with van der Waals surface area (Å²) >= 11 is 0. The van der Waals surface area contributed by atoms with Gasteiger partial charge in [-0.1, -0.05) is 12.1 Å².